The summed E-state index contributed by atoms with van der Waals surface area (Å²) in [5, 5.41) is 3.31. The second-order valence-electron chi connectivity index (χ2n) is 5.38. The molecule has 0 spiro atoms. The molecule has 4 nitrogen and oxygen atoms in total. The van der Waals surface area contributed by atoms with E-state index in [2.05, 4.69) is 36.2 Å². The molecule has 112 valence electrons. The first kappa shape index (κ1) is 15.3. The summed E-state index contributed by atoms with van der Waals surface area (Å²) < 4.78 is 11.1. The molecule has 0 unspecified atom stereocenters. The number of rotatable bonds is 7. The van der Waals surface area contributed by atoms with Gasteiger partial charge in [-0.1, -0.05) is 13.0 Å². The fraction of sp³-hybridized carbons (Fsp3) is 0.625. The molecule has 0 saturated heterocycles. The van der Waals surface area contributed by atoms with Crippen molar-refractivity contribution >= 4 is 0 Å². The Bertz CT molecular complexity index is 451. The van der Waals surface area contributed by atoms with Gasteiger partial charge in [-0.3, -0.25) is 4.90 Å². The molecular formula is C16H26N2O2. The van der Waals surface area contributed by atoms with Crippen LogP contribution in [0.3, 0.4) is 0 Å². The van der Waals surface area contributed by atoms with Crippen LogP contribution in [-0.2, 0) is 17.8 Å². The van der Waals surface area contributed by atoms with Gasteiger partial charge in [0.1, 0.15) is 11.5 Å². The smallest absolute Gasteiger partial charge is 0.120 e. The summed E-state index contributed by atoms with van der Waals surface area (Å²) in [6.07, 6.45) is 3.38. The lowest BCUT2D eigenvalue weighted by atomic mass is 10.1. The van der Waals surface area contributed by atoms with Crippen LogP contribution >= 0.6 is 0 Å². The summed E-state index contributed by atoms with van der Waals surface area (Å²) in [6.45, 7) is 9.74. The molecule has 1 aromatic rings. The lowest BCUT2D eigenvalue weighted by Crippen LogP contribution is -2.28. The minimum Gasteiger partial charge on any atom is -0.463 e. The zero-order chi connectivity index (χ0) is 14.4. The third-order valence-corrected chi connectivity index (χ3v) is 3.70. The first-order valence-corrected chi connectivity index (χ1v) is 7.41. The Balaban J connectivity index is 1.88. The van der Waals surface area contributed by atoms with E-state index in [0.717, 1.165) is 57.3 Å². The van der Waals surface area contributed by atoms with Crippen LogP contribution in [0, 0.1) is 6.92 Å². The molecule has 20 heavy (non-hydrogen) atoms. The molecule has 1 N–H and O–H groups in total. The molecule has 0 saturated carbocycles. The Kier molecular flexibility index (Phi) is 5.83. The van der Waals surface area contributed by atoms with Crippen LogP contribution in [0.1, 0.15) is 30.4 Å². The number of nitrogens with zero attached hydrogens (tertiary/aromatic N) is 1. The molecular weight excluding hydrogens is 252 g/mol. The zero-order valence-corrected chi connectivity index (χ0v) is 12.9. The Morgan fingerprint density at radius 2 is 2.30 bits per heavy atom. The standard InChI is InChI=1S/C16H26N2O2/c1-4-17-10-16-13(2)9-15(20-16)11-18-7-5-14(6-8-18)12-19-3/h5,9,17H,4,6-8,10-12H2,1-3H3. The predicted octanol–water partition coefficient (Wildman–Crippen LogP) is 2.48. The Hall–Kier alpha value is -1.10. The maximum atomic E-state index is 5.94. The highest BCUT2D eigenvalue weighted by Gasteiger charge is 2.14. The van der Waals surface area contributed by atoms with Crippen molar-refractivity contribution in [2.75, 3.05) is 33.4 Å². The van der Waals surface area contributed by atoms with Crippen LogP contribution in [0.5, 0.6) is 0 Å². The highest BCUT2D eigenvalue weighted by Crippen LogP contribution is 2.18. The number of ether oxygens (including phenoxy) is 1. The van der Waals surface area contributed by atoms with Crippen molar-refractivity contribution in [1.82, 2.24) is 10.2 Å². The molecule has 0 atom stereocenters. The summed E-state index contributed by atoms with van der Waals surface area (Å²) in [7, 11) is 1.75. The van der Waals surface area contributed by atoms with Crippen molar-refractivity contribution in [2.24, 2.45) is 0 Å². The maximum Gasteiger partial charge on any atom is 0.120 e. The summed E-state index contributed by atoms with van der Waals surface area (Å²) in [6, 6.07) is 2.17. The number of furan rings is 1. The second kappa shape index (κ2) is 7.62. The van der Waals surface area contributed by atoms with Crippen molar-refractivity contribution in [3.63, 3.8) is 0 Å². The SMILES string of the molecule is CCNCc1oc(CN2CC=C(COC)CC2)cc1C. The van der Waals surface area contributed by atoms with Gasteiger partial charge in [-0.2, -0.15) is 0 Å². The fourth-order valence-electron chi connectivity index (χ4n) is 2.52. The van der Waals surface area contributed by atoms with E-state index in [1.165, 1.54) is 11.1 Å². The molecule has 0 bridgehead atoms. The van der Waals surface area contributed by atoms with E-state index in [0.29, 0.717) is 0 Å². The first-order valence-electron chi connectivity index (χ1n) is 7.41. The number of nitrogens with one attached hydrogen (secondary N) is 1. The Labute approximate surface area is 121 Å². The number of hydrogen-bond donors (Lipinski definition) is 1. The van der Waals surface area contributed by atoms with Gasteiger partial charge in [-0.05, 0) is 37.1 Å². The molecule has 2 rings (SSSR count). The van der Waals surface area contributed by atoms with E-state index in [4.69, 9.17) is 9.15 Å². The summed E-state index contributed by atoms with van der Waals surface area (Å²) in [5.74, 6) is 2.13. The molecule has 0 aliphatic carbocycles. The van der Waals surface area contributed by atoms with Crippen LogP contribution in [0.4, 0.5) is 0 Å². The molecule has 0 fully saturated rings. The van der Waals surface area contributed by atoms with Gasteiger partial charge in [0.05, 0.1) is 19.7 Å². The van der Waals surface area contributed by atoms with Crippen LogP contribution < -0.4 is 5.32 Å². The van der Waals surface area contributed by atoms with Gasteiger partial charge in [0.2, 0.25) is 0 Å². The van der Waals surface area contributed by atoms with Crippen molar-refractivity contribution in [3.05, 3.63) is 34.8 Å². The van der Waals surface area contributed by atoms with Crippen LogP contribution in [0.15, 0.2) is 22.1 Å². The molecule has 0 amide bonds. The third kappa shape index (κ3) is 4.20. The van der Waals surface area contributed by atoms with E-state index < -0.39 is 0 Å². The van der Waals surface area contributed by atoms with Crippen LogP contribution in [-0.4, -0.2) is 38.3 Å². The van der Waals surface area contributed by atoms with Crippen molar-refractivity contribution in [3.8, 4) is 0 Å². The van der Waals surface area contributed by atoms with Gasteiger partial charge in [0.25, 0.3) is 0 Å². The zero-order valence-electron chi connectivity index (χ0n) is 12.9. The van der Waals surface area contributed by atoms with Crippen molar-refractivity contribution < 1.29 is 9.15 Å². The number of methoxy groups -OCH3 is 1. The van der Waals surface area contributed by atoms with Crippen LogP contribution in [0.25, 0.3) is 0 Å². The Morgan fingerprint density at radius 1 is 1.45 bits per heavy atom. The third-order valence-electron chi connectivity index (χ3n) is 3.70. The molecule has 1 aromatic heterocycles. The van der Waals surface area contributed by atoms with Crippen molar-refractivity contribution in [1.29, 1.82) is 0 Å². The minimum absolute atomic E-state index is 0.764. The first-order chi connectivity index (χ1) is 9.72. The largest absolute Gasteiger partial charge is 0.463 e. The second-order valence-corrected chi connectivity index (χ2v) is 5.38. The molecule has 4 heteroatoms. The van der Waals surface area contributed by atoms with E-state index in [1.807, 2.05) is 0 Å². The van der Waals surface area contributed by atoms with E-state index in [-0.39, 0.29) is 0 Å². The minimum atomic E-state index is 0.764. The predicted molar refractivity (Wildman–Crippen MR) is 80.7 cm³/mol. The molecule has 1 aliphatic heterocycles. The highest BCUT2D eigenvalue weighted by atomic mass is 16.5. The normalized spacial score (nSPS) is 16.4. The summed E-state index contributed by atoms with van der Waals surface area (Å²) in [4.78, 5) is 2.41. The topological polar surface area (TPSA) is 37.6 Å². The van der Waals surface area contributed by atoms with Gasteiger partial charge in [-0.25, -0.2) is 0 Å². The maximum absolute atomic E-state index is 5.94. The fourth-order valence-corrected chi connectivity index (χ4v) is 2.52. The summed E-state index contributed by atoms with van der Waals surface area (Å²) in [5.41, 5.74) is 2.65. The molecule has 0 aromatic carbocycles. The van der Waals surface area contributed by atoms with Crippen LogP contribution in [0.2, 0.25) is 0 Å². The van der Waals surface area contributed by atoms with Gasteiger partial charge in [0, 0.05) is 20.2 Å². The summed E-state index contributed by atoms with van der Waals surface area (Å²) >= 11 is 0. The average molecular weight is 278 g/mol. The molecule has 2 heterocycles. The van der Waals surface area contributed by atoms with E-state index >= 15 is 0 Å². The van der Waals surface area contributed by atoms with Crippen molar-refractivity contribution in [2.45, 2.75) is 33.4 Å². The van der Waals surface area contributed by atoms with Gasteiger partial charge >= 0.3 is 0 Å². The highest BCUT2D eigenvalue weighted by molar-refractivity contribution is 5.20. The van der Waals surface area contributed by atoms with Gasteiger partial charge < -0.3 is 14.5 Å². The van der Waals surface area contributed by atoms with E-state index in [1.54, 1.807) is 7.11 Å². The monoisotopic (exact) mass is 278 g/mol. The number of hydrogen-bond acceptors (Lipinski definition) is 4. The lowest BCUT2D eigenvalue weighted by molar-refractivity contribution is 0.206. The lowest BCUT2D eigenvalue weighted by Gasteiger charge is -2.25. The number of aryl methyl sites for hydroxylation is 1. The van der Waals surface area contributed by atoms with Gasteiger partial charge in [0.15, 0.2) is 0 Å². The average Bonchev–Trinajstić information content (AvgIpc) is 2.79. The molecule has 0 radical (unpaired) electrons. The van der Waals surface area contributed by atoms with E-state index in [9.17, 15) is 0 Å². The Morgan fingerprint density at radius 3 is 2.95 bits per heavy atom. The quantitative estimate of drug-likeness (QED) is 0.778. The van der Waals surface area contributed by atoms with Gasteiger partial charge in [-0.15, -0.1) is 0 Å². The molecule has 1 aliphatic rings.